The van der Waals surface area contributed by atoms with Crippen molar-refractivity contribution in [1.82, 2.24) is 14.5 Å². The lowest BCUT2D eigenvalue weighted by Crippen LogP contribution is -2.48. The topological polar surface area (TPSA) is 90.0 Å². The molecule has 2 heterocycles. The summed E-state index contributed by atoms with van der Waals surface area (Å²) < 4.78 is 26.3. The minimum atomic E-state index is -3.50. The van der Waals surface area contributed by atoms with Crippen molar-refractivity contribution in [2.45, 2.75) is 38.0 Å². The number of likely N-dealkylation sites (tertiary alicyclic amines) is 1. The van der Waals surface area contributed by atoms with Crippen LogP contribution in [0.5, 0.6) is 0 Å². The molecule has 0 radical (unpaired) electrons. The summed E-state index contributed by atoms with van der Waals surface area (Å²) in [4.78, 5) is 31.2. The Morgan fingerprint density at radius 3 is 2.38 bits per heavy atom. The smallest absolute Gasteiger partial charge is 0.319 e. The average Bonchev–Trinajstić information content (AvgIpc) is 3.17. The molecule has 0 aromatic heterocycles. The Labute approximate surface area is 172 Å². The van der Waals surface area contributed by atoms with Crippen molar-refractivity contribution in [3.63, 3.8) is 0 Å². The zero-order chi connectivity index (χ0) is 21.2. The van der Waals surface area contributed by atoms with Gasteiger partial charge in [0, 0.05) is 44.3 Å². The second-order valence-corrected chi connectivity index (χ2v) is 9.34. The van der Waals surface area contributed by atoms with Crippen LogP contribution in [-0.4, -0.2) is 69.9 Å². The van der Waals surface area contributed by atoms with Gasteiger partial charge in [0.25, 0.3) is 0 Å². The van der Waals surface area contributed by atoms with Crippen molar-refractivity contribution < 1.29 is 18.0 Å². The van der Waals surface area contributed by atoms with E-state index in [9.17, 15) is 18.0 Å². The van der Waals surface area contributed by atoms with Crippen molar-refractivity contribution in [3.8, 4) is 0 Å². The highest BCUT2D eigenvalue weighted by Gasteiger charge is 2.34. The van der Waals surface area contributed by atoms with Gasteiger partial charge < -0.3 is 14.7 Å². The van der Waals surface area contributed by atoms with Crippen LogP contribution in [0.1, 0.15) is 32.3 Å². The number of benzene rings is 1. The Morgan fingerprint density at radius 1 is 1.14 bits per heavy atom. The SMILES string of the molecule is CCN(CC)C(=O)N1CCC(C(=O)N2CCc3cc(S(=O)(=O)NC)ccc32)CC1. The number of piperidine rings is 1. The minimum absolute atomic E-state index is 0.0469. The molecular weight excluding hydrogens is 392 g/mol. The number of nitrogens with one attached hydrogen (secondary N) is 1. The molecule has 0 spiro atoms. The van der Waals surface area contributed by atoms with Gasteiger partial charge in [-0.1, -0.05) is 0 Å². The van der Waals surface area contributed by atoms with Gasteiger partial charge in [0.05, 0.1) is 4.90 Å². The van der Waals surface area contributed by atoms with Gasteiger partial charge in [0.15, 0.2) is 0 Å². The van der Waals surface area contributed by atoms with Crippen LogP contribution in [0.3, 0.4) is 0 Å². The number of nitrogens with zero attached hydrogens (tertiary/aromatic N) is 3. The maximum absolute atomic E-state index is 13.1. The van der Waals surface area contributed by atoms with Crippen molar-refractivity contribution in [3.05, 3.63) is 23.8 Å². The van der Waals surface area contributed by atoms with Gasteiger partial charge in [-0.05, 0) is 63.9 Å². The molecule has 0 aliphatic carbocycles. The summed E-state index contributed by atoms with van der Waals surface area (Å²) >= 11 is 0. The van der Waals surface area contributed by atoms with Crippen molar-refractivity contribution in [2.75, 3.05) is 44.7 Å². The fraction of sp³-hybridized carbons (Fsp3) is 0.600. The second kappa shape index (κ2) is 8.71. The summed E-state index contributed by atoms with van der Waals surface area (Å²) in [5.74, 6) is -0.0367. The maximum atomic E-state index is 13.1. The number of fused-ring (bicyclic) bond motifs is 1. The average molecular weight is 423 g/mol. The van der Waals surface area contributed by atoms with Gasteiger partial charge in [0.1, 0.15) is 0 Å². The third kappa shape index (κ3) is 4.25. The van der Waals surface area contributed by atoms with E-state index in [2.05, 4.69) is 4.72 Å². The molecule has 3 rings (SSSR count). The molecule has 1 fully saturated rings. The van der Waals surface area contributed by atoms with E-state index in [1.807, 2.05) is 18.7 Å². The van der Waals surface area contributed by atoms with Gasteiger partial charge in [-0.3, -0.25) is 4.79 Å². The molecule has 0 atom stereocenters. The maximum Gasteiger partial charge on any atom is 0.319 e. The molecular formula is C20H30N4O4S. The van der Waals surface area contributed by atoms with Crippen LogP contribution >= 0.6 is 0 Å². The Balaban J connectivity index is 1.66. The predicted molar refractivity (Wildman–Crippen MR) is 111 cm³/mol. The monoisotopic (exact) mass is 422 g/mol. The first-order chi connectivity index (χ1) is 13.8. The first kappa shape index (κ1) is 21.6. The first-order valence-corrected chi connectivity index (χ1v) is 11.7. The standard InChI is InChI=1S/C20H30N4O4S/c1-4-22(5-2)20(26)23-11-8-15(9-12-23)19(25)24-13-10-16-14-17(6-7-18(16)24)29(27,28)21-3/h6-7,14-15,21H,4-5,8-13H2,1-3H3. The van der Waals surface area contributed by atoms with Crippen LogP contribution in [0.25, 0.3) is 0 Å². The number of hydrogen-bond donors (Lipinski definition) is 1. The fourth-order valence-electron chi connectivity index (χ4n) is 4.12. The van der Waals surface area contributed by atoms with E-state index >= 15 is 0 Å². The zero-order valence-corrected chi connectivity index (χ0v) is 18.2. The fourth-order valence-corrected chi connectivity index (χ4v) is 4.90. The quantitative estimate of drug-likeness (QED) is 0.781. The van der Waals surface area contributed by atoms with Gasteiger partial charge in [-0.2, -0.15) is 0 Å². The molecule has 1 aromatic carbocycles. The normalized spacial score (nSPS) is 17.3. The summed E-state index contributed by atoms with van der Waals surface area (Å²) in [6.45, 7) is 7.05. The van der Waals surface area contributed by atoms with E-state index in [4.69, 9.17) is 0 Å². The van der Waals surface area contributed by atoms with E-state index < -0.39 is 10.0 Å². The number of urea groups is 1. The molecule has 1 saturated heterocycles. The molecule has 2 aliphatic rings. The molecule has 0 unspecified atom stereocenters. The van der Waals surface area contributed by atoms with Gasteiger partial charge in [-0.25, -0.2) is 17.9 Å². The lowest BCUT2D eigenvalue weighted by atomic mass is 9.95. The Hall–Kier alpha value is -2.13. The van der Waals surface area contributed by atoms with E-state index in [1.165, 1.54) is 7.05 Å². The number of anilines is 1. The molecule has 3 amide bonds. The van der Waals surface area contributed by atoms with Gasteiger partial charge in [-0.15, -0.1) is 0 Å². The molecule has 9 heteroatoms. The molecule has 2 aliphatic heterocycles. The van der Waals surface area contributed by atoms with Crippen LogP contribution in [0.15, 0.2) is 23.1 Å². The third-order valence-corrected chi connectivity index (χ3v) is 7.35. The van der Waals surface area contributed by atoms with Crippen molar-refractivity contribution in [1.29, 1.82) is 0 Å². The highest BCUT2D eigenvalue weighted by Crippen LogP contribution is 2.33. The van der Waals surface area contributed by atoms with Gasteiger partial charge in [0.2, 0.25) is 15.9 Å². The summed E-state index contributed by atoms with van der Waals surface area (Å²) in [5, 5.41) is 0. The van der Waals surface area contributed by atoms with E-state index in [1.54, 1.807) is 28.0 Å². The molecule has 0 bridgehead atoms. The molecule has 160 valence electrons. The van der Waals surface area contributed by atoms with Crippen LogP contribution in [0.2, 0.25) is 0 Å². The largest absolute Gasteiger partial charge is 0.325 e. The molecule has 0 saturated carbocycles. The zero-order valence-electron chi connectivity index (χ0n) is 17.3. The summed E-state index contributed by atoms with van der Waals surface area (Å²) in [7, 11) is -2.11. The van der Waals surface area contributed by atoms with E-state index in [0.29, 0.717) is 52.0 Å². The number of carbonyl (C=O) groups is 2. The van der Waals surface area contributed by atoms with E-state index in [-0.39, 0.29) is 22.8 Å². The molecule has 29 heavy (non-hydrogen) atoms. The Morgan fingerprint density at radius 2 is 1.79 bits per heavy atom. The van der Waals surface area contributed by atoms with Crippen LogP contribution in [0, 0.1) is 5.92 Å². The van der Waals surface area contributed by atoms with Crippen LogP contribution in [0.4, 0.5) is 10.5 Å². The Bertz CT molecular complexity index is 874. The van der Waals surface area contributed by atoms with Crippen molar-refractivity contribution >= 4 is 27.6 Å². The van der Waals surface area contributed by atoms with E-state index in [0.717, 1.165) is 11.3 Å². The minimum Gasteiger partial charge on any atom is -0.325 e. The highest BCUT2D eigenvalue weighted by atomic mass is 32.2. The number of hydrogen-bond acceptors (Lipinski definition) is 4. The van der Waals surface area contributed by atoms with Crippen LogP contribution < -0.4 is 9.62 Å². The highest BCUT2D eigenvalue weighted by molar-refractivity contribution is 7.89. The molecule has 8 nitrogen and oxygen atoms in total. The Kier molecular flexibility index (Phi) is 6.48. The number of rotatable bonds is 5. The summed E-state index contributed by atoms with van der Waals surface area (Å²) in [6, 6.07) is 4.97. The molecule has 1 N–H and O–H groups in total. The summed E-state index contributed by atoms with van der Waals surface area (Å²) in [5.41, 5.74) is 1.68. The molecule has 1 aromatic rings. The first-order valence-electron chi connectivity index (χ1n) is 10.2. The number of carbonyl (C=O) groups excluding carboxylic acids is 2. The number of amides is 3. The van der Waals surface area contributed by atoms with Crippen molar-refractivity contribution in [2.24, 2.45) is 5.92 Å². The predicted octanol–water partition coefficient (Wildman–Crippen LogP) is 1.66. The number of sulfonamides is 1. The lowest BCUT2D eigenvalue weighted by Gasteiger charge is -2.36. The second-order valence-electron chi connectivity index (χ2n) is 7.45. The third-order valence-electron chi connectivity index (χ3n) is 5.94. The van der Waals surface area contributed by atoms with Gasteiger partial charge >= 0.3 is 6.03 Å². The van der Waals surface area contributed by atoms with Crippen LogP contribution in [-0.2, 0) is 21.2 Å². The lowest BCUT2D eigenvalue weighted by molar-refractivity contribution is -0.123. The summed E-state index contributed by atoms with van der Waals surface area (Å²) in [6.07, 6.45) is 1.96.